The molecule has 0 saturated carbocycles. The summed E-state index contributed by atoms with van der Waals surface area (Å²) >= 11 is 0. The van der Waals surface area contributed by atoms with Gasteiger partial charge in [-0.05, 0) is 18.4 Å². The Labute approximate surface area is 141 Å². The van der Waals surface area contributed by atoms with Crippen molar-refractivity contribution in [3.63, 3.8) is 0 Å². The van der Waals surface area contributed by atoms with Gasteiger partial charge in [-0.15, -0.1) is 12.4 Å². The minimum atomic E-state index is -3.87. The highest BCUT2D eigenvalue weighted by Crippen LogP contribution is 2.32. The zero-order chi connectivity index (χ0) is 16.5. The third-order valence-electron chi connectivity index (χ3n) is 3.91. The summed E-state index contributed by atoms with van der Waals surface area (Å²) in [5, 5.41) is 10.9. The maximum atomic E-state index is 12.8. The molecule has 1 aromatic carbocycles. The minimum absolute atomic E-state index is 0. The van der Waals surface area contributed by atoms with Gasteiger partial charge >= 0.3 is 0 Å². The predicted molar refractivity (Wildman–Crippen MR) is 87.4 cm³/mol. The second-order valence-electron chi connectivity index (χ2n) is 5.39. The van der Waals surface area contributed by atoms with E-state index in [-0.39, 0.29) is 47.2 Å². The molecule has 0 aromatic heterocycles. The lowest BCUT2D eigenvalue weighted by Gasteiger charge is -2.34. The van der Waals surface area contributed by atoms with Gasteiger partial charge in [0, 0.05) is 31.3 Å². The molecule has 1 aliphatic rings. The van der Waals surface area contributed by atoms with E-state index in [2.05, 4.69) is 0 Å². The number of piperidine rings is 1. The number of rotatable bonds is 4. The van der Waals surface area contributed by atoms with Gasteiger partial charge in [0.2, 0.25) is 10.0 Å². The van der Waals surface area contributed by atoms with E-state index in [1.807, 2.05) is 6.92 Å². The lowest BCUT2D eigenvalue weighted by atomic mass is 9.96. The van der Waals surface area contributed by atoms with Crippen molar-refractivity contribution >= 4 is 28.1 Å². The van der Waals surface area contributed by atoms with Gasteiger partial charge in [-0.25, -0.2) is 8.42 Å². The molecule has 0 bridgehead atoms. The van der Waals surface area contributed by atoms with E-state index in [4.69, 9.17) is 10.5 Å². The van der Waals surface area contributed by atoms with Crippen LogP contribution in [0.5, 0.6) is 5.75 Å². The van der Waals surface area contributed by atoms with E-state index in [0.717, 1.165) is 6.07 Å². The maximum absolute atomic E-state index is 12.8. The number of nitrogens with zero attached hydrogens (tertiary/aromatic N) is 2. The van der Waals surface area contributed by atoms with Crippen molar-refractivity contribution in [3.8, 4) is 5.75 Å². The van der Waals surface area contributed by atoms with Crippen LogP contribution in [-0.4, -0.2) is 43.9 Å². The molecule has 2 unspecified atom stereocenters. The highest BCUT2D eigenvalue weighted by atomic mass is 35.5. The summed E-state index contributed by atoms with van der Waals surface area (Å²) in [5.41, 5.74) is 5.62. The number of non-ortho nitro benzene ring substituents is 1. The normalized spacial score (nSPS) is 22.2. The zero-order valence-electron chi connectivity index (χ0n) is 12.8. The van der Waals surface area contributed by atoms with Crippen molar-refractivity contribution in [1.29, 1.82) is 0 Å². The second kappa shape index (κ2) is 7.43. The lowest BCUT2D eigenvalue weighted by Crippen LogP contribution is -2.48. The highest BCUT2D eigenvalue weighted by molar-refractivity contribution is 7.89. The number of hydrogen-bond donors (Lipinski definition) is 1. The van der Waals surface area contributed by atoms with E-state index >= 15 is 0 Å². The van der Waals surface area contributed by atoms with Crippen LogP contribution in [0.3, 0.4) is 0 Å². The van der Waals surface area contributed by atoms with Gasteiger partial charge in [-0.3, -0.25) is 10.1 Å². The van der Waals surface area contributed by atoms with Gasteiger partial charge in [0.25, 0.3) is 5.69 Å². The van der Waals surface area contributed by atoms with E-state index in [1.54, 1.807) is 0 Å². The Hall–Kier alpha value is -1.42. The van der Waals surface area contributed by atoms with Gasteiger partial charge in [0.1, 0.15) is 10.6 Å². The molecule has 1 heterocycles. The molecule has 2 rings (SSSR count). The molecular formula is C13H20ClN3O5S. The Morgan fingerprint density at radius 1 is 1.43 bits per heavy atom. The number of nitro benzene ring substituents is 1. The molecule has 2 N–H and O–H groups in total. The Kier molecular flexibility index (Phi) is 6.34. The molecular weight excluding hydrogens is 346 g/mol. The van der Waals surface area contributed by atoms with Crippen LogP contribution in [0, 0.1) is 16.0 Å². The number of methoxy groups -OCH3 is 1. The molecule has 23 heavy (non-hydrogen) atoms. The van der Waals surface area contributed by atoms with Crippen LogP contribution in [-0.2, 0) is 10.0 Å². The Bertz CT molecular complexity index is 682. The van der Waals surface area contributed by atoms with Crippen molar-refractivity contribution in [2.24, 2.45) is 11.7 Å². The number of sulfonamides is 1. The summed E-state index contributed by atoms with van der Waals surface area (Å²) in [6.07, 6.45) is 0.553. The van der Waals surface area contributed by atoms with Gasteiger partial charge in [0.05, 0.1) is 12.0 Å². The molecule has 2 atom stereocenters. The first kappa shape index (κ1) is 19.6. The molecule has 0 amide bonds. The van der Waals surface area contributed by atoms with E-state index < -0.39 is 14.9 Å². The maximum Gasteiger partial charge on any atom is 0.271 e. The van der Waals surface area contributed by atoms with Crippen LogP contribution >= 0.6 is 12.4 Å². The first-order valence-electron chi connectivity index (χ1n) is 6.85. The molecule has 1 saturated heterocycles. The first-order chi connectivity index (χ1) is 10.3. The Morgan fingerprint density at radius 2 is 2.09 bits per heavy atom. The summed E-state index contributed by atoms with van der Waals surface area (Å²) in [6.45, 7) is 2.46. The first-order valence-corrected chi connectivity index (χ1v) is 8.29. The van der Waals surface area contributed by atoms with Crippen molar-refractivity contribution in [2.75, 3.05) is 20.2 Å². The number of nitrogens with two attached hydrogens (primary N) is 1. The number of halogens is 1. The Balaban J connectivity index is 0.00000264. The second-order valence-corrected chi connectivity index (χ2v) is 7.29. The molecule has 10 heteroatoms. The van der Waals surface area contributed by atoms with E-state index in [0.29, 0.717) is 13.0 Å². The average Bonchev–Trinajstić information content (AvgIpc) is 2.49. The molecule has 0 spiro atoms. The zero-order valence-corrected chi connectivity index (χ0v) is 14.5. The molecule has 1 fully saturated rings. The summed E-state index contributed by atoms with van der Waals surface area (Å²) in [5.74, 6) is 0.112. The highest BCUT2D eigenvalue weighted by Gasteiger charge is 2.34. The molecule has 8 nitrogen and oxygen atoms in total. The van der Waals surface area contributed by atoms with Gasteiger partial charge in [-0.1, -0.05) is 6.92 Å². The van der Waals surface area contributed by atoms with Crippen LogP contribution in [0.15, 0.2) is 23.1 Å². The fraction of sp³-hybridized carbons (Fsp3) is 0.538. The predicted octanol–water partition coefficient (Wildman–Crippen LogP) is 1.38. The molecule has 1 aromatic rings. The molecule has 0 radical (unpaired) electrons. The van der Waals surface area contributed by atoms with Crippen molar-refractivity contribution < 1.29 is 18.1 Å². The van der Waals surface area contributed by atoms with E-state index in [1.165, 1.54) is 23.5 Å². The standard InChI is InChI=1S/C13H19N3O5S.ClH/c1-9-8-15(6-5-11(9)14)22(19,20)13-7-10(16(17)18)3-4-12(13)21-2;/h3-4,7,9,11H,5-6,8,14H2,1-2H3;1H. The summed E-state index contributed by atoms with van der Waals surface area (Å²) in [4.78, 5) is 10.1. The van der Waals surface area contributed by atoms with Crippen LogP contribution in [0.1, 0.15) is 13.3 Å². The number of ether oxygens (including phenoxy) is 1. The van der Waals surface area contributed by atoms with Crippen molar-refractivity contribution in [3.05, 3.63) is 28.3 Å². The van der Waals surface area contributed by atoms with E-state index in [9.17, 15) is 18.5 Å². The third kappa shape index (κ3) is 3.92. The average molecular weight is 366 g/mol. The van der Waals surface area contributed by atoms with Crippen LogP contribution in [0.4, 0.5) is 5.69 Å². The lowest BCUT2D eigenvalue weighted by molar-refractivity contribution is -0.385. The number of nitro groups is 1. The topological polar surface area (TPSA) is 116 Å². The minimum Gasteiger partial charge on any atom is -0.495 e. The largest absolute Gasteiger partial charge is 0.495 e. The van der Waals surface area contributed by atoms with Crippen molar-refractivity contribution in [2.45, 2.75) is 24.3 Å². The fourth-order valence-corrected chi connectivity index (χ4v) is 4.19. The number of benzene rings is 1. The number of hydrogen-bond acceptors (Lipinski definition) is 6. The summed E-state index contributed by atoms with van der Waals surface area (Å²) in [7, 11) is -2.54. The van der Waals surface area contributed by atoms with Crippen LogP contribution in [0.25, 0.3) is 0 Å². The summed E-state index contributed by atoms with van der Waals surface area (Å²) in [6, 6.07) is 3.50. The SMILES string of the molecule is COc1ccc([N+](=O)[O-])cc1S(=O)(=O)N1CCC(N)C(C)C1.Cl. The van der Waals surface area contributed by atoms with Gasteiger partial charge in [-0.2, -0.15) is 4.31 Å². The van der Waals surface area contributed by atoms with Gasteiger partial charge in [0.15, 0.2) is 0 Å². The molecule has 1 aliphatic heterocycles. The van der Waals surface area contributed by atoms with Crippen molar-refractivity contribution in [1.82, 2.24) is 4.31 Å². The van der Waals surface area contributed by atoms with Crippen LogP contribution in [0.2, 0.25) is 0 Å². The monoisotopic (exact) mass is 365 g/mol. The third-order valence-corrected chi connectivity index (χ3v) is 5.80. The fourth-order valence-electron chi connectivity index (χ4n) is 2.46. The van der Waals surface area contributed by atoms with Crippen LogP contribution < -0.4 is 10.5 Å². The summed E-state index contributed by atoms with van der Waals surface area (Å²) < 4.78 is 31.9. The smallest absolute Gasteiger partial charge is 0.271 e. The van der Waals surface area contributed by atoms with Gasteiger partial charge < -0.3 is 10.5 Å². The Morgan fingerprint density at radius 3 is 2.61 bits per heavy atom. The quantitative estimate of drug-likeness (QED) is 0.636. The molecule has 130 valence electrons. The molecule has 0 aliphatic carbocycles.